The summed E-state index contributed by atoms with van der Waals surface area (Å²) in [6, 6.07) is 9.81. The van der Waals surface area contributed by atoms with Crippen molar-refractivity contribution in [3.8, 4) is 0 Å². The SMILES string of the molecule is CCOC(=O)c1ccccc1NC(=O)c1ncccc1N. The number of esters is 1. The first-order valence-corrected chi connectivity index (χ1v) is 6.41. The van der Waals surface area contributed by atoms with E-state index >= 15 is 0 Å². The molecule has 2 rings (SSSR count). The lowest BCUT2D eigenvalue weighted by atomic mass is 10.1. The molecule has 21 heavy (non-hydrogen) atoms. The summed E-state index contributed by atoms with van der Waals surface area (Å²) in [5.74, 6) is -0.979. The van der Waals surface area contributed by atoms with Gasteiger partial charge in [-0.05, 0) is 31.2 Å². The number of hydrogen-bond acceptors (Lipinski definition) is 5. The third-order valence-corrected chi connectivity index (χ3v) is 2.72. The zero-order valence-corrected chi connectivity index (χ0v) is 11.5. The van der Waals surface area contributed by atoms with Gasteiger partial charge in [0.05, 0.1) is 23.5 Å². The molecule has 0 aliphatic carbocycles. The van der Waals surface area contributed by atoms with Gasteiger partial charge in [0.15, 0.2) is 5.69 Å². The second-order valence-electron chi connectivity index (χ2n) is 4.16. The number of nitrogens with zero attached hydrogens (tertiary/aromatic N) is 1. The molecule has 0 unspecified atom stereocenters. The molecule has 6 heteroatoms. The maximum absolute atomic E-state index is 12.2. The third-order valence-electron chi connectivity index (χ3n) is 2.72. The van der Waals surface area contributed by atoms with Crippen LogP contribution < -0.4 is 11.1 Å². The van der Waals surface area contributed by atoms with Crippen LogP contribution in [0.5, 0.6) is 0 Å². The Labute approximate surface area is 121 Å². The molecule has 0 aliphatic rings. The monoisotopic (exact) mass is 285 g/mol. The Kier molecular flexibility index (Phi) is 4.50. The molecule has 6 nitrogen and oxygen atoms in total. The van der Waals surface area contributed by atoms with Crippen molar-refractivity contribution in [1.82, 2.24) is 4.98 Å². The number of pyridine rings is 1. The lowest BCUT2D eigenvalue weighted by Gasteiger charge is -2.10. The van der Waals surface area contributed by atoms with E-state index in [9.17, 15) is 9.59 Å². The van der Waals surface area contributed by atoms with Crippen LogP contribution in [0.3, 0.4) is 0 Å². The molecule has 0 saturated heterocycles. The minimum absolute atomic E-state index is 0.108. The van der Waals surface area contributed by atoms with Crippen molar-refractivity contribution in [2.75, 3.05) is 17.7 Å². The van der Waals surface area contributed by atoms with E-state index in [4.69, 9.17) is 10.5 Å². The Hall–Kier alpha value is -2.89. The quantitative estimate of drug-likeness (QED) is 0.839. The number of anilines is 2. The standard InChI is InChI=1S/C15H15N3O3/c1-2-21-15(20)10-6-3-4-8-12(10)18-14(19)13-11(16)7-5-9-17-13/h3-9H,2,16H2,1H3,(H,18,19). The van der Waals surface area contributed by atoms with Gasteiger partial charge in [0.2, 0.25) is 0 Å². The van der Waals surface area contributed by atoms with Gasteiger partial charge in [-0.25, -0.2) is 9.78 Å². The minimum Gasteiger partial charge on any atom is -0.462 e. The summed E-state index contributed by atoms with van der Waals surface area (Å²) in [5, 5.41) is 2.62. The predicted octanol–water partition coefficient (Wildman–Crippen LogP) is 2.09. The topological polar surface area (TPSA) is 94.3 Å². The van der Waals surface area contributed by atoms with E-state index in [1.807, 2.05) is 0 Å². The van der Waals surface area contributed by atoms with E-state index in [1.54, 1.807) is 43.3 Å². The Morgan fingerprint density at radius 1 is 1.24 bits per heavy atom. The van der Waals surface area contributed by atoms with E-state index in [0.717, 1.165) is 0 Å². The van der Waals surface area contributed by atoms with E-state index in [-0.39, 0.29) is 23.6 Å². The molecule has 108 valence electrons. The molecule has 0 spiro atoms. The highest BCUT2D eigenvalue weighted by Gasteiger charge is 2.16. The predicted molar refractivity (Wildman–Crippen MR) is 79.0 cm³/mol. The van der Waals surface area contributed by atoms with Crippen molar-refractivity contribution in [2.24, 2.45) is 0 Å². The first-order chi connectivity index (χ1) is 10.1. The fourth-order valence-electron chi connectivity index (χ4n) is 1.77. The zero-order valence-electron chi connectivity index (χ0n) is 11.5. The Balaban J connectivity index is 2.26. The summed E-state index contributed by atoms with van der Waals surface area (Å²) in [6.07, 6.45) is 1.47. The van der Waals surface area contributed by atoms with E-state index < -0.39 is 11.9 Å². The van der Waals surface area contributed by atoms with Crippen molar-refractivity contribution in [3.05, 3.63) is 53.9 Å². The van der Waals surface area contributed by atoms with Crippen LogP contribution in [0.4, 0.5) is 11.4 Å². The summed E-state index contributed by atoms with van der Waals surface area (Å²) in [5.41, 5.74) is 6.71. The van der Waals surface area contributed by atoms with Crippen molar-refractivity contribution < 1.29 is 14.3 Å². The highest BCUT2D eigenvalue weighted by Crippen LogP contribution is 2.18. The van der Waals surface area contributed by atoms with Crippen molar-refractivity contribution in [3.63, 3.8) is 0 Å². The number of carbonyl (C=O) groups is 2. The smallest absolute Gasteiger partial charge is 0.340 e. The van der Waals surface area contributed by atoms with Gasteiger partial charge in [-0.15, -0.1) is 0 Å². The fourth-order valence-corrected chi connectivity index (χ4v) is 1.77. The molecule has 0 bridgehead atoms. The summed E-state index contributed by atoms with van der Waals surface area (Å²) in [7, 11) is 0. The molecule has 2 aromatic rings. The average molecular weight is 285 g/mol. The second kappa shape index (κ2) is 6.51. The second-order valence-corrected chi connectivity index (χ2v) is 4.16. The fraction of sp³-hybridized carbons (Fsp3) is 0.133. The van der Waals surface area contributed by atoms with Crippen LogP contribution in [-0.2, 0) is 4.74 Å². The highest BCUT2D eigenvalue weighted by molar-refractivity contribution is 6.09. The largest absolute Gasteiger partial charge is 0.462 e. The Morgan fingerprint density at radius 3 is 2.71 bits per heavy atom. The number of hydrogen-bond donors (Lipinski definition) is 2. The van der Waals surface area contributed by atoms with Crippen LogP contribution in [0.25, 0.3) is 0 Å². The van der Waals surface area contributed by atoms with Crippen LogP contribution in [0.2, 0.25) is 0 Å². The van der Waals surface area contributed by atoms with Gasteiger partial charge in [0, 0.05) is 6.20 Å². The van der Waals surface area contributed by atoms with E-state index in [0.29, 0.717) is 5.69 Å². The molecule has 1 heterocycles. The first-order valence-electron chi connectivity index (χ1n) is 6.41. The van der Waals surface area contributed by atoms with E-state index in [2.05, 4.69) is 10.3 Å². The number of rotatable bonds is 4. The van der Waals surface area contributed by atoms with Gasteiger partial charge in [-0.3, -0.25) is 4.79 Å². The van der Waals surface area contributed by atoms with Crippen molar-refractivity contribution >= 4 is 23.3 Å². The molecule has 0 saturated carbocycles. The Bertz CT molecular complexity index is 671. The van der Waals surface area contributed by atoms with Crippen molar-refractivity contribution in [1.29, 1.82) is 0 Å². The summed E-state index contributed by atoms with van der Waals surface area (Å²) < 4.78 is 4.95. The number of nitrogens with one attached hydrogen (secondary N) is 1. The Morgan fingerprint density at radius 2 is 2.00 bits per heavy atom. The average Bonchev–Trinajstić information content (AvgIpc) is 2.48. The van der Waals surface area contributed by atoms with Crippen LogP contribution in [0, 0.1) is 0 Å². The van der Waals surface area contributed by atoms with Crippen LogP contribution in [-0.4, -0.2) is 23.5 Å². The van der Waals surface area contributed by atoms with Crippen LogP contribution in [0.15, 0.2) is 42.6 Å². The normalized spacial score (nSPS) is 9.95. The molecule has 1 aromatic carbocycles. The number of para-hydroxylation sites is 1. The molecule has 0 aliphatic heterocycles. The molecular weight excluding hydrogens is 270 g/mol. The number of ether oxygens (including phenoxy) is 1. The van der Waals surface area contributed by atoms with Crippen LogP contribution in [0.1, 0.15) is 27.8 Å². The van der Waals surface area contributed by atoms with E-state index in [1.165, 1.54) is 6.20 Å². The van der Waals surface area contributed by atoms with Gasteiger partial charge < -0.3 is 15.8 Å². The summed E-state index contributed by atoms with van der Waals surface area (Å²) >= 11 is 0. The molecular formula is C15H15N3O3. The maximum atomic E-state index is 12.2. The number of aromatic nitrogens is 1. The van der Waals surface area contributed by atoms with Gasteiger partial charge in [-0.1, -0.05) is 12.1 Å². The lowest BCUT2D eigenvalue weighted by Crippen LogP contribution is -2.18. The molecule has 1 amide bonds. The first kappa shape index (κ1) is 14.5. The van der Waals surface area contributed by atoms with Gasteiger partial charge in [0.1, 0.15) is 0 Å². The summed E-state index contributed by atoms with van der Waals surface area (Å²) in [6.45, 7) is 1.97. The molecule has 3 N–H and O–H groups in total. The molecule has 0 fully saturated rings. The zero-order chi connectivity index (χ0) is 15.2. The third kappa shape index (κ3) is 3.36. The number of nitrogens with two attached hydrogens (primary N) is 1. The van der Waals surface area contributed by atoms with Gasteiger partial charge in [-0.2, -0.15) is 0 Å². The molecule has 0 atom stereocenters. The minimum atomic E-state index is -0.498. The maximum Gasteiger partial charge on any atom is 0.340 e. The number of benzene rings is 1. The van der Waals surface area contributed by atoms with Gasteiger partial charge in [0.25, 0.3) is 5.91 Å². The number of carbonyl (C=O) groups excluding carboxylic acids is 2. The molecule has 0 radical (unpaired) electrons. The highest BCUT2D eigenvalue weighted by atomic mass is 16.5. The number of nitrogen functional groups attached to an aromatic ring is 1. The number of amides is 1. The molecule has 1 aromatic heterocycles. The summed E-state index contributed by atoms with van der Waals surface area (Å²) in [4.78, 5) is 27.9. The van der Waals surface area contributed by atoms with Crippen molar-refractivity contribution in [2.45, 2.75) is 6.92 Å². The van der Waals surface area contributed by atoms with Crippen LogP contribution >= 0.6 is 0 Å². The van der Waals surface area contributed by atoms with Gasteiger partial charge >= 0.3 is 5.97 Å². The lowest BCUT2D eigenvalue weighted by molar-refractivity contribution is 0.0527.